The number of carbonyl (C=O) groups excluding carboxylic acids is 1. The van der Waals surface area contributed by atoms with Gasteiger partial charge in [-0.1, -0.05) is 6.92 Å². The van der Waals surface area contributed by atoms with Crippen LogP contribution >= 0.6 is 0 Å². The van der Waals surface area contributed by atoms with Gasteiger partial charge in [-0.05, 0) is 80.4 Å². The first-order chi connectivity index (χ1) is 17.3. The zero-order chi connectivity index (χ0) is 25.4. The lowest BCUT2D eigenvalue weighted by Gasteiger charge is -2.28. The lowest BCUT2D eigenvalue weighted by molar-refractivity contribution is -0.127. The van der Waals surface area contributed by atoms with Crippen LogP contribution in [0.2, 0.25) is 0 Å². The molecule has 5 rings (SSSR count). The maximum Gasteiger partial charge on any atom is 0.226 e. The molecule has 186 valence electrons. The van der Waals surface area contributed by atoms with Crippen molar-refractivity contribution in [2.24, 2.45) is 5.41 Å². The van der Waals surface area contributed by atoms with Crippen molar-refractivity contribution in [2.75, 3.05) is 7.11 Å². The van der Waals surface area contributed by atoms with Gasteiger partial charge in [0.25, 0.3) is 0 Å². The summed E-state index contributed by atoms with van der Waals surface area (Å²) in [6.07, 6.45) is 2.67. The van der Waals surface area contributed by atoms with Crippen molar-refractivity contribution >= 4 is 16.8 Å². The van der Waals surface area contributed by atoms with Crippen molar-refractivity contribution < 1.29 is 23.0 Å². The second-order valence-electron chi connectivity index (χ2n) is 9.50. The van der Waals surface area contributed by atoms with Gasteiger partial charge in [-0.3, -0.25) is 4.79 Å². The highest BCUT2D eigenvalue weighted by Crippen LogP contribution is 2.45. The Morgan fingerprint density at radius 2 is 1.78 bits per heavy atom. The van der Waals surface area contributed by atoms with Crippen molar-refractivity contribution in [3.63, 3.8) is 0 Å². The minimum atomic E-state index is -0.716. The normalized spacial score (nSPS) is 15.8. The van der Waals surface area contributed by atoms with E-state index in [1.165, 1.54) is 31.4 Å². The van der Waals surface area contributed by atoms with Gasteiger partial charge in [0, 0.05) is 16.4 Å². The van der Waals surface area contributed by atoms with Gasteiger partial charge in [-0.25, -0.2) is 13.5 Å². The highest BCUT2D eigenvalue weighted by atomic mass is 19.1. The third-order valence-electron chi connectivity index (χ3n) is 6.73. The first kappa shape index (κ1) is 23.8. The van der Waals surface area contributed by atoms with E-state index < -0.39 is 18.0 Å². The van der Waals surface area contributed by atoms with Crippen molar-refractivity contribution in [3.8, 4) is 17.2 Å². The van der Waals surface area contributed by atoms with Crippen molar-refractivity contribution in [1.29, 1.82) is 0 Å². The number of nitrogens with one attached hydrogen (secondary N) is 1. The van der Waals surface area contributed by atoms with Crippen LogP contribution in [0.5, 0.6) is 11.5 Å². The van der Waals surface area contributed by atoms with Gasteiger partial charge in [0.05, 0.1) is 30.6 Å². The van der Waals surface area contributed by atoms with Gasteiger partial charge >= 0.3 is 0 Å². The van der Waals surface area contributed by atoms with E-state index in [0.29, 0.717) is 17.1 Å². The zero-order valence-corrected chi connectivity index (χ0v) is 20.3. The van der Waals surface area contributed by atoms with Crippen LogP contribution in [-0.2, 0) is 4.79 Å². The van der Waals surface area contributed by atoms with Crippen molar-refractivity contribution in [2.45, 2.75) is 38.8 Å². The van der Waals surface area contributed by atoms with E-state index in [2.05, 4.69) is 10.4 Å². The second-order valence-corrected chi connectivity index (χ2v) is 9.50. The molecule has 1 N–H and O–H groups in total. The molecule has 1 aliphatic carbocycles. The molecular formula is C28H27F2N3O3. The molecule has 0 radical (unpaired) electrons. The molecule has 1 saturated carbocycles. The topological polar surface area (TPSA) is 65.4 Å². The van der Waals surface area contributed by atoms with E-state index in [4.69, 9.17) is 9.47 Å². The summed E-state index contributed by atoms with van der Waals surface area (Å²) in [5.41, 5.74) is 1.68. The number of carbonyl (C=O) groups is 1. The van der Waals surface area contributed by atoms with E-state index in [1.807, 2.05) is 26.0 Å². The van der Waals surface area contributed by atoms with Crippen molar-refractivity contribution in [3.05, 3.63) is 84.1 Å². The van der Waals surface area contributed by atoms with Gasteiger partial charge in [0.2, 0.25) is 5.91 Å². The summed E-state index contributed by atoms with van der Waals surface area (Å²) in [6.45, 7) is 3.77. The summed E-state index contributed by atoms with van der Waals surface area (Å²) in [5.74, 6) is 0.196. The molecule has 1 fully saturated rings. The number of fused-ring (bicyclic) bond motifs is 1. The Bertz CT molecular complexity index is 1410. The number of aromatic nitrogens is 2. The fourth-order valence-electron chi connectivity index (χ4n) is 4.25. The summed E-state index contributed by atoms with van der Waals surface area (Å²) in [6, 6.07) is 15.3. The maximum atomic E-state index is 14.3. The number of methoxy groups -OCH3 is 1. The largest absolute Gasteiger partial charge is 0.496 e. The summed E-state index contributed by atoms with van der Waals surface area (Å²) in [7, 11) is 1.51. The Morgan fingerprint density at radius 3 is 2.47 bits per heavy atom. The fraction of sp³-hybridized carbons (Fsp3) is 0.286. The SMILES string of the molecule is COc1ccc(F)cc1C(Oc1ccc2c(cnn2-c2ccc(F)cc2)c1)[C@H](C)NC(=O)C1(C)CC1. The van der Waals surface area contributed by atoms with Gasteiger partial charge in [0.15, 0.2) is 0 Å². The summed E-state index contributed by atoms with van der Waals surface area (Å²) in [5, 5.41) is 8.29. The van der Waals surface area contributed by atoms with Gasteiger partial charge in [-0.15, -0.1) is 0 Å². The maximum absolute atomic E-state index is 14.3. The third kappa shape index (κ3) is 4.63. The third-order valence-corrected chi connectivity index (χ3v) is 6.73. The predicted molar refractivity (Wildman–Crippen MR) is 132 cm³/mol. The Hall–Kier alpha value is -3.94. The molecule has 1 aliphatic rings. The average molecular weight is 492 g/mol. The van der Waals surface area contributed by atoms with E-state index >= 15 is 0 Å². The molecular weight excluding hydrogens is 464 g/mol. The molecule has 0 spiro atoms. The Balaban J connectivity index is 1.47. The molecule has 6 nitrogen and oxygen atoms in total. The first-order valence-corrected chi connectivity index (χ1v) is 11.8. The quantitative estimate of drug-likeness (QED) is 0.342. The lowest BCUT2D eigenvalue weighted by atomic mass is 10.00. The van der Waals surface area contributed by atoms with Crippen LogP contribution in [0.25, 0.3) is 16.6 Å². The highest BCUT2D eigenvalue weighted by Gasteiger charge is 2.45. The van der Waals surface area contributed by atoms with E-state index in [-0.39, 0.29) is 17.1 Å². The second kappa shape index (κ2) is 9.26. The minimum absolute atomic E-state index is 0.0463. The summed E-state index contributed by atoms with van der Waals surface area (Å²) >= 11 is 0. The number of nitrogens with zero attached hydrogens (tertiary/aromatic N) is 2. The molecule has 4 aromatic rings. The molecule has 8 heteroatoms. The standard InChI is InChI=1S/C28H27F2N3O3/c1-17(32-27(34)28(2)12-13-28)26(23-15-20(30)6-11-25(23)35-3)36-22-9-10-24-18(14-22)16-31-33(24)21-7-4-19(29)5-8-21/h4-11,14-17,26H,12-13H2,1-3H3,(H,32,34)/t17-,26?/m0/s1. The molecule has 0 saturated heterocycles. The van der Waals surface area contributed by atoms with Crippen LogP contribution in [0.4, 0.5) is 8.78 Å². The van der Waals surface area contributed by atoms with E-state index in [0.717, 1.165) is 29.4 Å². The molecule has 3 aromatic carbocycles. The van der Waals surface area contributed by atoms with Crippen LogP contribution in [0.1, 0.15) is 38.4 Å². The van der Waals surface area contributed by atoms with Crippen LogP contribution in [0.15, 0.2) is 66.9 Å². The number of hydrogen-bond donors (Lipinski definition) is 1. The Labute approximate surface area is 207 Å². The molecule has 0 bridgehead atoms. The first-order valence-electron chi connectivity index (χ1n) is 11.8. The fourth-order valence-corrected chi connectivity index (χ4v) is 4.25. The molecule has 36 heavy (non-hydrogen) atoms. The molecule has 2 atom stereocenters. The van der Waals surface area contributed by atoms with E-state index in [1.54, 1.807) is 35.1 Å². The van der Waals surface area contributed by atoms with Crippen LogP contribution < -0.4 is 14.8 Å². The highest BCUT2D eigenvalue weighted by molar-refractivity contribution is 5.85. The molecule has 1 amide bonds. The Kier molecular flexibility index (Phi) is 6.12. The minimum Gasteiger partial charge on any atom is -0.496 e. The number of ether oxygens (including phenoxy) is 2. The van der Waals surface area contributed by atoms with Crippen molar-refractivity contribution in [1.82, 2.24) is 15.1 Å². The average Bonchev–Trinajstić information content (AvgIpc) is 3.49. The molecule has 1 heterocycles. The number of halogens is 2. The smallest absolute Gasteiger partial charge is 0.226 e. The summed E-state index contributed by atoms with van der Waals surface area (Å²) in [4.78, 5) is 12.8. The molecule has 1 aromatic heterocycles. The van der Waals surface area contributed by atoms with Gasteiger partial charge < -0.3 is 14.8 Å². The van der Waals surface area contributed by atoms with Crippen LogP contribution in [-0.4, -0.2) is 28.8 Å². The van der Waals surface area contributed by atoms with Crippen LogP contribution in [0.3, 0.4) is 0 Å². The van der Waals surface area contributed by atoms with Gasteiger partial charge in [-0.2, -0.15) is 5.10 Å². The van der Waals surface area contributed by atoms with E-state index in [9.17, 15) is 13.6 Å². The number of benzene rings is 3. The van der Waals surface area contributed by atoms with Crippen LogP contribution in [0, 0.1) is 17.0 Å². The molecule has 0 aliphatic heterocycles. The molecule has 1 unspecified atom stereocenters. The lowest BCUT2D eigenvalue weighted by Crippen LogP contribution is -2.42. The number of hydrogen-bond acceptors (Lipinski definition) is 4. The summed E-state index contributed by atoms with van der Waals surface area (Å²) < 4.78 is 41.2. The Morgan fingerprint density at radius 1 is 1.06 bits per heavy atom. The van der Waals surface area contributed by atoms with Gasteiger partial charge in [0.1, 0.15) is 29.2 Å². The predicted octanol–water partition coefficient (Wildman–Crippen LogP) is 5.74. The number of rotatable bonds is 8. The zero-order valence-electron chi connectivity index (χ0n) is 20.3. The number of amides is 1. The monoisotopic (exact) mass is 491 g/mol.